The van der Waals surface area contributed by atoms with Crippen molar-refractivity contribution in [1.82, 2.24) is 24.1 Å². The molecule has 0 saturated carbocycles. The predicted octanol–water partition coefficient (Wildman–Crippen LogP) is 5.43. The summed E-state index contributed by atoms with van der Waals surface area (Å²) in [4.78, 5) is 50.8. The van der Waals surface area contributed by atoms with Gasteiger partial charge >= 0.3 is 0 Å². The molecule has 3 N–H and O–H groups in total. The van der Waals surface area contributed by atoms with Gasteiger partial charge in [-0.3, -0.25) is 14.4 Å². The average Bonchev–Trinajstić information content (AvgIpc) is 3.67. The summed E-state index contributed by atoms with van der Waals surface area (Å²) in [6, 6.07) is 23.2. The number of hydrogen-bond donors (Lipinski definition) is 3. The highest BCUT2D eigenvalue weighted by Gasteiger charge is 2.33. The maximum absolute atomic E-state index is 14.9. The van der Waals surface area contributed by atoms with E-state index in [9.17, 15) is 33.0 Å². The van der Waals surface area contributed by atoms with E-state index in [0.717, 1.165) is 42.2 Å². The Labute approximate surface area is 339 Å². The molecule has 3 amide bonds. The number of amides is 3. The van der Waals surface area contributed by atoms with Crippen molar-refractivity contribution in [1.29, 1.82) is 0 Å². The van der Waals surface area contributed by atoms with E-state index in [1.165, 1.54) is 30.3 Å². The van der Waals surface area contributed by atoms with Gasteiger partial charge in [-0.25, -0.2) is 18.1 Å². The van der Waals surface area contributed by atoms with Gasteiger partial charge in [0, 0.05) is 43.5 Å². The molecule has 1 atom stereocenters. The fraction of sp³-hybridized carbons (Fsp3) is 0.364. The number of aliphatic hydroxyl groups excluding tert-OH is 2. The molecule has 14 heteroatoms. The lowest BCUT2D eigenvalue weighted by atomic mass is 9.92. The van der Waals surface area contributed by atoms with Crippen molar-refractivity contribution in [3.8, 4) is 11.4 Å². The Hall–Kier alpha value is -5.41. The maximum atomic E-state index is 14.9. The highest BCUT2D eigenvalue weighted by molar-refractivity contribution is 7.90. The van der Waals surface area contributed by atoms with Gasteiger partial charge in [-0.2, -0.15) is 0 Å². The number of aromatic nitrogens is 2. The third-order valence-electron chi connectivity index (χ3n) is 10.4. The molecule has 1 unspecified atom stereocenters. The molecule has 0 aliphatic carbocycles. The van der Waals surface area contributed by atoms with Gasteiger partial charge in [0.1, 0.15) is 11.5 Å². The summed E-state index contributed by atoms with van der Waals surface area (Å²) in [5.74, 6) is -1.45. The highest BCUT2D eigenvalue weighted by Crippen LogP contribution is 2.31. The summed E-state index contributed by atoms with van der Waals surface area (Å²) in [5, 5.41) is 21.4. The van der Waals surface area contributed by atoms with Gasteiger partial charge in [0.15, 0.2) is 0 Å². The van der Waals surface area contributed by atoms with Gasteiger partial charge in [0.25, 0.3) is 27.7 Å². The van der Waals surface area contributed by atoms with E-state index in [2.05, 4.69) is 18.6 Å². The average molecular weight is 810 g/mol. The summed E-state index contributed by atoms with van der Waals surface area (Å²) < 4.78 is 36.6. The monoisotopic (exact) mass is 809 g/mol. The molecule has 306 valence electrons. The van der Waals surface area contributed by atoms with E-state index in [1.807, 2.05) is 36.4 Å². The lowest BCUT2D eigenvalue weighted by Gasteiger charge is -2.36. The van der Waals surface area contributed by atoms with Gasteiger partial charge in [-0.05, 0) is 71.5 Å². The molecule has 1 aliphatic heterocycles. The molecule has 0 bridgehead atoms. The Morgan fingerprint density at radius 2 is 1.59 bits per heavy atom. The zero-order valence-corrected chi connectivity index (χ0v) is 33.8. The number of benzene rings is 4. The van der Waals surface area contributed by atoms with Crippen LogP contribution < -0.4 is 4.72 Å². The Kier molecular flexibility index (Phi) is 14.1. The molecular weight excluding hydrogens is 759 g/mol. The van der Waals surface area contributed by atoms with Crippen LogP contribution in [0.3, 0.4) is 0 Å². The molecule has 0 fully saturated rings. The number of aliphatic hydroxyl groups is 2. The molecule has 13 nitrogen and oxygen atoms in total. The number of hydrogen-bond acceptors (Lipinski definition) is 9. The van der Waals surface area contributed by atoms with Gasteiger partial charge in [0.05, 0.1) is 42.9 Å². The van der Waals surface area contributed by atoms with E-state index in [1.54, 1.807) is 38.8 Å². The van der Waals surface area contributed by atoms with Crippen LogP contribution in [-0.2, 0) is 34.3 Å². The second-order valence-electron chi connectivity index (χ2n) is 14.4. The smallest absolute Gasteiger partial charge is 0.274 e. The molecule has 2 heterocycles. The predicted molar refractivity (Wildman–Crippen MR) is 221 cm³/mol. The lowest BCUT2D eigenvalue weighted by molar-refractivity contribution is 0.0544. The van der Waals surface area contributed by atoms with Crippen molar-refractivity contribution in [3.05, 3.63) is 119 Å². The summed E-state index contributed by atoms with van der Waals surface area (Å²) in [6.07, 6.45) is 5.48. The largest absolute Gasteiger partial charge is 0.394 e. The molecular formula is C44H51N5O8S. The fourth-order valence-electron chi connectivity index (χ4n) is 7.18. The van der Waals surface area contributed by atoms with Crippen LogP contribution in [0.1, 0.15) is 81.9 Å². The molecule has 58 heavy (non-hydrogen) atoms. The number of fused-ring (bicyclic) bond motifs is 2. The molecule has 6 rings (SSSR count). The van der Waals surface area contributed by atoms with Gasteiger partial charge in [0.2, 0.25) is 0 Å². The van der Waals surface area contributed by atoms with Crippen molar-refractivity contribution in [3.63, 3.8) is 0 Å². The number of sulfonamides is 1. The number of nitrogens with zero attached hydrogens (tertiary/aromatic N) is 4. The zero-order valence-electron chi connectivity index (χ0n) is 33.0. The van der Waals surface area contributed by atoms with Crippen LogP contribution in [0.5, 0.6) is 0 Å². The van der Waals surface area contributed by atoms with Crippen molar-refractivity contribution >= 4 is 38.5 Å². The van der Waals surface area contributed by atoms with Crippen molar-refractivity contribution in [2.75, 3.05) is 39.5 Å². The summed E-state index contributed by atoms with van der Waals surface area (Å²) in [6.45, 7) is 5.42. The van der Waals surface area contributed by atoms with Crippen LogP contribution in [0.2, 0.25) is 0 Å². The first-order chi connectivity index (χ1) is 28.1. The third kappa shape index (κ3) is 9.64. The fourth-order valence-corrected chi connectivity index (χ4v) is 8.19. The van der Waals surface area contributed by atoms with E-state index in [-0.39, 0.29) is 73.0 Å². The molecule has 4 aromatic carbocycles. The van der Waals surface area contributed by atoms with Gasteiger partial charge < -0.3 is 29.3 Å². The standard InChI is InChI=1S/C44H51N5O8S/c1-3-5-19-47(20-6-4-2)44(54)40-29-48(21-23-57-24-22-50)41(45-40)38-18-16-34(42(52)46-58(55,56)37-17-15-31-11-7-8-13-33(31)26-37)27-39(38)43(53)49-28-35-14-10-9-12-32(35)25-36(49)30-51/h7-18,26-27,29,36,50-51H,3-6,19-25,28,30H2,1-2H3,(H,46,52). The van der Waals surface area contributed by atoms with Crippen molar-refractivity contribution < 1.29 is 37.8 Å². The van der Waals surface area contributed by atoms with E-state index in [0.29, 0.717) is 30.5 Å². The Morgan fingerprint density at radius 1 is 0.879 bits per heavy atom. The Balaban J connectivity index is 1.43. The van der Waals surface area contributed by atoms with E-state index in [4.69, 9.17) is 9.72 Å². The minimum Gasteiger partial charge on any atom is -0.394 e. The number of unbranched alkanes of at least 4 members (excludes halogenated alkanes) is 2. The van der Waals surface area contributed by atoms with Crippen LogP contribution in [-0.4, -0.2) is 101 Å². The van der Waals surface area contributed by atoms with Crippen LogP contribution in [0, 0.1) is 0 Å². The molecule has 0 saturated heterocycles. The van der Waals surface area contributed by atoms with Gasteiger partial charge in [-0.1, -0.05) is 81.3 Å². The van der Waals surface area contributed by atoms with Gasteiger partial charge in [-0.15, -0.1) is 0 Å². The molecule has 0 radical (unpaired) electrons. The molecule has 1 aliphatic rings. The van der Waals surface area contributed by atoms with Crippen molar-refractivity contribution in [2.45, 2.75) is 70.0 Å². The minimum atomic E-state index is -4.33. The van der Waals surface area contributed by atoms with Crippen LogP contribution in [0.25, 0.3) is 22.2 Å². The number of carbonyl (C=O) groups is 3. The molecule has 1 aromatic heterocycles. The minimum absolute atomic E-state index is 0.0320. The van der Waals surface area contributed by atoms with E-state index >= 15 is 0 Å². The summed E-state index contributed by atoms with van der Waals surface area (Å²) in [7, 11) is -4.33. The first kappa shape index (κ1) is 42.2. The third-order valence-corrected chi connectivity index (χ3v) is 11.7. The number of carbonyl (C=O) groups excluding carboxylic acids is 3. The van der Waals surface area contributed by atoms with Crippen LogP contribution in [0.15, 0.2) is 96.0 Å². The second-order valence-corrected chi connectivity index (χ2v) is 16.1. The van der Waals surface area contributed by atoms with Crippen LogP contribution in [0.4, 0.5) is 0 Å². The quantitative estimate of drug-likeness (QED) is 0.0977. The van der Waals surface area contributed by atoms with Crippen LogP contribution >= 0.6 is 0 Å². The summed E-state index contributed by atoms with van der Waals surface area (Å²) in [5.41, 5.74) is 2.32. The Morgan fingerprint density at radius 3 is 2.29 bits per heavy atom. The number of rotatable bonds is 18. The topological polar surface area (TPSA) is 171 Å². The normalized spacial score (nSPS) is 14.0. The molecule has 0 spiro atoms. The van der Waals surface area contributed by atoms with Crippen molar-refractivity contribution in [2.24, 2.45) is 0 Å². The highest BCUT2D eigenvalue weighted by atomic mass is 32.2. The number of ether oxygens (including phenoxy) is 1. The maximum Gasteiger partial charge on any atom is 0.274 e. The summed E-state index contributed by atoms with van der Waals surface area (Å²) >= 11 is 0. The lowest BCUT2D eigenvalue weighted by Crippen LogP contribution is -2.46. The van der Waals surface area contributed by atoms with E-state index < -0.39 is 27.9 Å². The zero-order chi connectivity index (χ0) is 41.2. The first-order valence-corrected chi connectivity index (χ1v) is 21.3. The first-order valence-electron chi connectivity index (χ1n) is 19.8. The SMILES string of the molecule is CCCCN(CCCC)C(=O)c1cn(CCOCCO)c(-c2ccc(C(=O)NS(=O)(=O)c3ccc4ccccc4c3)cc2C(=O)N2Cc3ccccc3CC2CO)n1. The second kappa shape index (κ2) is 19.4. The number of nitrogens with one attached hydrogen (secondary N) is 1. The number of imidazole rings is 1. The molecule has 5 aromatic rings. The Bertz CT molecular complexity index is 2350.